The first-order valence-corrected chi connectivity index (χ1v) is 6.31. The predicted molar refractivity (Wildman–Crippen MR) is 68.7 cm³/mol. The molecule has 0 saturated heterocycles. The first-order valence-electron chi connectivity index (χ1n) is 6.31. The summed E-state index contributed by atoms with van der Waals surface area (Å²) in [6.45, 7) is 4.01. The minimum absolute atomic E-state index is 0.145. The summed E-state index contributed by atoms with van der Waals surface area (Å²) in [6.07, 6.45) is 3.96. The van der Waals surface area contributed by atoms with Crippen LogP contribution in [0.3, 0.4) is 0 Å². The smallest absolute Gasteiger partial charge is 0.231 e. The molecule has 1 heterocycles. The summed E-state index contributed by atoms with van der Waals surface area (Å²) >= 11 is 0. The fraction of sp³-hybridized carbons (Fsp3) is 0.400. The molecule has 3 nitrogen and oxygen atoms in total. The second-order valence-electron chi connectivity index (χ2n) is 4.97. The molecule has 18 heavy (non-hydrogen) atoms. The van der Waals surface area contributed by atoms with Crippen LogP contribution in [-0.2, 0) is 11.2 Å². The lowest BCUT2D eigenvalue weighted by Crippen LogP contribution is -2.06. The third-order valence-corrected chi connectivity index (χ3v) is 3.75. The number of ether oxygens (including phenoxy) is 2. The normalized spacial score (nSPS) is 21.0. The van der Waals surface area contributed by atoms with Crippen molar-refractivity contribution in [2.24, 2.45) is 5.92 Å². The van der Waals surface area contributed by atoms with E-state index >= 15 is 0 Å². The zero-order valence-corrected chi connectivity index (χ0v) is 10.7. The monoisotopic (exact) mass is 244 g/mol. The molecule has 94 valence electrons. The van der Waals surface area contributed by atoms with Gasteiger partial charge in [-0.1, -0.05) is 13.0 Å². The molecule has 0 bridgehead atoms. The largest absolute Gasteiger partial charge is 0.454 e. The fourth-order valence-corrected chi connectivity index (χ4v) is 2.68. The van der Waals surface area contributed by atoms with E-state index in [0.717, 1.165) is 35.5 Å². The first kappa shape index (κ1) is 11.3. The van der Waals surface area contributed by atoms with Gasteiger partial charge in [0.15, 0.2) is 17.3 Å². The highest BCUT2D eigenvalue weighted by Gasteiger charge is 2.24. The van der Waals surface area contributed by atoms with Crippen LogP contribution in [0.15, 0.2) is 17.7 Å². The molecule has 0 spiro atoms. The van der Waals surface area contributed by atoms with Gasteiger partial charge in [-0.2, -0.15) is 0 Å². The highest BCUT2D eigenvalue weighted by atomic mass is 16.7. The minimum atomic E-state index is 0.145. The Balaban J connectivity index is 2.18. The molecule has 1 unspecified atom stereocenters. The van der Waals surface area contributed by atoms with E-state index in [9.17, 15) is 4.79 Å². The molecular weight excluding hydrogens is 228 g/mol. The van der Waals surface area contributed by atoms with Gasteiger partial charge in [-0.05, 0) is 49.0 Å². The Kier molecular flexibility index (Phi) is 2.62. The third-order valence-electron chi connectivity index (χ3n) is 3.75. The molecule has 1 atom stereocenters. The summed E-state index contributed by atoms with van der Waals surface area (Å²) in [5, 5.41) is 0. The number of allylic oxidation sites excluding steroid dienone is 1. The molecule has 3 heteroatoms. The average molecular weight is 244 g/mol. The van der Waals surface area contributed by atoms with Gasteiger partial charge in [0, 0.05) is 5.56 Å². The average Bonchev–Trinajstić information content (AvgIpc) is 2.74. The molecular formula is C15H16O3. The van der Waals surface area contributed by atoms with Crippen molar-refractivity contribution >= 4 is 11.9 Å². The Morgan fingerprint density at radius 3 is 2.94 bits per heavy atom. The zero-order chi connectivity index (χ0) is 12.7. The number of rotatable bonds is 1. The van der Waals surface area contributed by atoms with E-state index in [1.165, 1.54) is 5.56 Å². The molecule has 1 aromatic rings. The van der Waals surface area contributed by atoms with Gasteiger partial charge >= 0.3 is 0 Å². The van der Waals surface area contributed by atoms with Gasteiger partial charge in [-0.3, -0.25) is 4.79 Å². The van der Waals surface area contributed by atoms with Gasteiger partial charge in [-0.25, -0.2) is 0 Å². The number of Topliss-reactive ketones (excluding diaryl/α,β-unsaturated/α-hetero) is 1. The standard InChI is InChI=1S/C15H16O3/c1-9-3-4-11-5-6-14-15(18-8-17-14)13(11)7-12(9)10(2)16/h5-7,9H,3-4,8H2,1-2H3. The van der Waals surface area contributed by atoms with Crippen molar-refractivity contribution in [3.8, 4) is 11.5 Å². The fourth-order valence-electron chi connectivity index (χ4n) is 2.68. The zero-order valence-electron chi connectivity index (χ0n) is 10.7. The Bertz CT molecular complexity index is 543. The summed E-state index contributed by atoms with van der Waals surface area (Å²) in [7, 11) is 0. The molecule has 1 aromatic carbocycles. The molecule has 0 aromatic heterocycles. The van der Waals surface area contributed by atoms with Gasteiger partial charge in [0.2, 0.25) is 6.79 Å². The maximum Gasteiger partial charge on any atom is 0.231 e. The van der Waals surface area contributed by atoms with Crippen LogP contribution in [0.1, 0.15) is 31.4 Å². The summed E-state index contributed by atoms with van der Waals surface area (Å²) in [5.74, 6) is 2.02. The Morgan fingerprint density at radius 2 is 2.17 bits per heavy atom. The molecule has 1 aliphatic heterocycles. The number of hydrogen-bond donors (Lipinski definition) is 0. The van der Waals surface area contributed by atoms with E-state index in [1.54, 1.807) is 6.92 Å². The van der Waals surface area contributed by atoms with Crippen molar-refractivity contribution in [1.29, 1.82) is 0 Å². The molecule has 2 aliphatic rings. The van der Waals surface area contributed by atoms with Crippen LogP contribution in [0, 0.1) is 5.92 Å². The van der Waals surface area contributed by atoms with Crippen LogP contribution in [0.5, 0.6) is 11.5 Å². The number of aryl methyl sites for hydroxylation is 1. The van der Waals surface area contributed by atoms with E-state index in [2.05, 4.69) is 13.0 Å². The van der Waals surface area contributed by atoms with Crippen LogP contribution >= 0.6 is 0 Å². The second kappa shape index (κ2) is 4.16. The van der Waals surface area contributed by atoms with Gasteiger partial charge in [-0.15, -0.1) is 0 Å². The van der Waals surface area contributed by atoms with E-state index < -0.39 is 0 Å². The maximum atomic E-state index is 11.7. The summed E-state index contributed by atoms with van der Waals surface area (Å²) in [5.41, 5.74) is 3.15. The highest BCUT2D eigenvalue weighted by molar-refractivity contribution is 5.99. The molecule has 0 N–H and O–H groups in total. The SMILES string of the molecule is CC(=O)C1=Cc2c(ccc3c2OCO3)CCC1C. The number of carbonyl (C=O) groups is 1. The summed E-state index contributed by atoms with van der Waals surface area (Å²) < 4.78 is 10.9. The van der Waals surface area contributed by atoms with E-state index in [0.29, 0.717) is 5.92 Å². The lowest BCUT2D eigenvalue weighted by atomic mass is 9.94. The second-order valence-corrected chi connectivity index (χ2v) is 4.97. The minimum Gasteiger partial charge on any atom is -0.454 e. The number of ketones is 1. The predicted octanol–water partition coefficient (Wildman–Crippen LogP) is 2.97. The number of hydrogen-bond acceptors (Lipinski definition) is 3. The van der Waals surface area contributed by atoms with Gasteiger partial charge in [0.1, 0.15) is 0 Å². The Morgan fingerprint density at radius 1 is 1.33 bits per heavy atom. The van der Waals surface area contributed by atoms with Gasteiger partial charge < -0.3 is 9.47 Å². The van der Waals surface area contributed by atoms with Crippen molar-refractivity contribution in [2.75, 3.05) is 6.79 Å². The molecule has 0 saturated carbocycles. The number of fused-ring (bicyclic) bond motifs is 3. The topological polar surface area (TPSA) is 35.5 Å². The van der Waals surface area contributed by atoms with Crippen molar-refractivity contribution in [1.82, 2.24) is 0 Å². The Labute approximate surface area is 106 Å². The lowest BCUT2D eigenvalue weighted by Gasteiger charge is -2.09. The van der Waals surface area contributed by atoms with Crippen LogP contribution in [0.4, 0.5) is 0 Å². The number of benzene rings is 1. The maximum absolute atomic E-state index is 11.7. The van der Waals surface area contributed by atoms with E-state index in [4.69, 9.17) is 9.47 Å². The Hall–Kier alpha value is -1.77. The highest BCUT2D eigenvalue weighted by Crippen LogP contribution is 2.41. The molecule has 0 fully saturated rings. The van der Waals surface area contributed by atoms with E-state index in [1.807, 2.05) is 12.1 Å². The van der Waals surface area contributed by atoms with Crippen LogP contribution in [-0.4, -0.2) is 12.6 Å². The summed E-state index contributed by atoms with van der Waals surface area (Å²) in [4.78, 5) is 11.7. The van der Waals surface area contributed by atoms with Crippen molar-refractivity contribution in [3.05, 3.63) is 28.8 Å². The van der Waals surface area contributed by atoms with Crippen LogP contribution < -0.4 is 9.47 Å². The van der Waals surface area contributed by atoms with Crippen LogP contribution in [0.25, 0.3) is 6.08 Å². The molecule has 0 amide bonds. The van der Waals surface area contributed by atoms with Crippen molar-refractivity contribution in [2.45, 2.75) is 26.7 Å². The van der Waals surface area contributed by atoms with Gasteiger partial charge in [0.05, 0.1) is 0 Å². The van der Waals surface area contributed by atoms with Crippen LogP contribution in [0.2, 0.25) is 0 Å². The molecule has 1 aliphatic carbocycles. The van der Waals surface area contributed by atoms with Gasteiger partial charge in [0.25, 0.3) is 0 Å². The van der Waals surface area contributed by atoms with Crippen molar-refractivity contribution < 1.29 is 14.3 Å². The molecule has 3 rings (SSSR count). The quantitative estimate of drug-likeness (QED) is 0.762. The lowest BCUT2D eigenvalue weighted by molar-refractivity contribution is -0.114. The molecule has 0 radical (unpaired) electrons. The number of carbonyl (C=O) groups excluding carboxylic acids is 1. The summed E-state index contributed by atoms with van der Waals surface area (Å²) in [6, 6.07) is 4.04. The third kappa shape index (κ3) is 1.70. The van der Waals surface area contributed by atoms with E-state index in [-0.39, 0.29) is 12.6 Å². The van der Waals surface area contributed by atoms with Crippen molar-refractivity contribution in [3.63, 3.8) is 0 Å². The first-order chi connectivity index (χ1) is 8.66.